The second-order valence-corrected chi connectivity index (χ2v) is 2.09. The van der Waals surface area contributed by atoms with Crippen molar-refractivity contribution < 1.29 is 27.4 Å². The van der Waals surface area contributed by atoms with Crippen molar-refractivity contribution in [2.24, 2.45) is 0 Å². The highest BCUT2D eigenvalue weighted by molar-refractivity contribution is 7.79. The van der Waals surface area contributed by atoms with Crippen molar-refractivity contribution in [1.29, 1.82) is 5.26 Å². The second kappa shape index (κ2) is 17.7. The number of carboxylic acid groups (broad SMARTS) is 1. The monoisotopic (exact) mass is 233 g/mol. The van der Waals surface area contributed by atoms with Gasteiger partial charge in [0.15, 0.2) is 0 Å². The number of carbonyl (C=O) groups is 1. The third kappa shape index (κ3) is 654. The molecule has 0 aliphatic carbocycles. The quantitative estimate of drug-likeness (QED) is 0.363. The van der Waals surface area contributed by atoms with Crippen molar-refractivity contribution in [3.63, 3.8) is 0 Å². The van der Waals surface area contributed by atoms with Gasteiger partial charge in [-0.25, -0.2) is 0 Å². The molecule has 0 spiro atoms. The molecule has 0 aromatic rings. The topological polar surface area (TPSA) is 206 Å². The van der Waals surface area contributed by atoms with E-state index < -0.39 is 16.4 Å². The van der Waals surface area contributed by atoms with Gasteiger partial charge in [0.1, 0.15) is 0 Å². The van der Waals surface area contributed by atoms with Crippen molar-refractivity contribution in [2.75, 3.05) is 0 Å². The first-order chi connectivity index (χ1) is 5.15. The third-order valence-electron chi connectivity index (χ3n) is 0. The molecule has 0 saturated carbocycles. The van der Waals surface area contributed by atoms with Crippen LogP contribution in [0.3, 0.4) is 0 Å². The number of carboxylic acids is 1. The summed E-state index contributed by atoms with van der Waals surface area (Å²) in [7, 11) is -4.67. The van der Waals surface area contributed by atoms with Crippen LogP contribution in [0.25, 0.3) is 0 Å². The van der Waals surface area contributed by atoms with Gasteiger partial charge in [-0.05, 0) is 0 Å². The van der Waals surface area contributed by atoms with E-state index in [4.69, 9.17) is 32.7 Å². The third-order valence-corrected chi connectivity index (χ3v) is 0. The average molecular weight is 233 g/mol. The summed E-state index contributed by atoms with van der Waals surface area (Å²) in [5.74, 6) is -0.833. The van der Waals surface area contributed by atoms with E-state index in [2.05, 4.69) is 0 Å². The zero-order chi connectivity index (χ0) is 10.8. The van der Waals surface area contributed by atoms with Gasteiger partial charge in [-0.3, -0.25) is 13.9 Å². The molecule has 0 aromatic carbocycles. The Bertz CT molecular complexity index is 230. The van der Waals surface area contributed by atoms with Gasteiger partial charge < -0.3 is 17.4 Å². The molecule has 0 fully saturated rings. The number of nitrogens with zero attached hydrogens (tertiary/aromatic N) is 1. The van der Waals surface area contributed by atoms with Crippen molar-refractivity contribution in [3.8, 4) is 6.07 Å². The fourth-order valence-electron chi connectivity index (χ4n) is 0. The maximum atomic E-state index is 9.00. The van der Waals surface area contributed by atoms with Gasteiger partial charge in [0.05, 0.1) is 6.07 Å². The van der Waals surface area contributed by atoms with Gasteiger partial charge in [0.25, 0.3) is 5.97 Å². The van der Waals surface area contributed by atoms with E-state index in [0.29, 0.717) is 0 Å². The predicted molar refractivity (Wildman–Crippen MR) is 48.8 cm³/mol. The summed E-state index contributed by atoms with van der Waals surface area (Å²) >= 11 is 0. The largest absolute Gasteiger partial charge is 0.481 e. The van der Waals surface area contributed by atoms with Crippen LogP contribution in [0.15, 0.2) is 0 Å². The lowest BCUT2D eigenvalue weighted by Crippen LogP contribution is -1.89. The SMILES string of the molecule is CC#N.CC(=O)O.N.N.O=S(=O)(O)O. The maximum Gasteiger partial charge on any atom is 0.394 e. The Balaban J connectivity index is -0.0000000278. The highest BCUT2D eigenvalue weighted by Gasteiger charge is 1.84. The molecule has 9 nitrogen and oxygen atoms in total. The lowest BCUT2D eigenvalue weighted by molar-refractivity contribution is -0.134. The predicted octanol–water partition coefficient (Wildman–Crippen LogP) is 0.292. The Morgan fingerprint density at radius 1 is 1.29 bits per heavy atom. The minimum Gasteiger partial charge on any atom is -0.481 e. The zero-order valence-corrected chi connectivity index (χ0v) is 8.65. The molecule has 0 aromatic heterocycles. The Morgan fingerprint density at radius 2 is 1.29 bits per heavy atom. The van der Waals surface area contributed by atoms with Gasteiger partial charge in [0, 0.05) is 13.8 Å². The molecule has 0 bridgehead atoms. The molecule has 14 heavy (non-hydrogen) atoms. The van der Waals surface area contributed by atoms with Crippen LogP contribution in [0.1, 0.15) is 13.8 Å². The lowest BCUT2D eigenvalue weighted by Gasteiger charge is -1.68. The number of nitriles is 1. The molecular formula is C4H15N3O6S. The molecule has 88 valence electrons. The fraction of sp³-hybridized carbons (Fsp3) is 0.500. The van der Waals surface area contributed by atoms with Gasteiger partial charge >= 0.3 is 10.4 Å². The first-order valence-corrected chi connectivity index (χ1v) is 3.75. The van der Waals surface area contributed by atoms with Crippen molar-refractivity contribution in [2.45, 2.75) is 13.8 Å². The van der Waals surface area contributed by atoms with E-state index >= 15 is 0 Å². The van der Waals surface area contributed by atoms with E-state index in [-0.39, 0.29) is 12.3 Å². The Kier molecular flexibility index (Phi) is 37.1. The normalized spacial score (nSPS) is 6.50. The zero-order valence-electron chi connectivity index (χ0n) is 7.84. The van der Waals surface area contributed by atoms with Crippen molar-refractivity contribution in [3.05, 3.63) is 0 Å². The lowest BCUT2D eigenvalue weighted by atomic mass is 10.9. The molecule has 0 rings (SSSR count). The smallest absolute Gasteiger partial charge is 0.394 e. The van der Waals surface area contributed by atoms with Gasteiger partial charge in [-0.1, -0.05) is 0 Å². The van der Waals surface area contributed by atoms with Crippen LogP contribution in [0, 0.1) is 11.3 Å². The summed E-state index contributed by atoms with van der Waals surface area (Å²) in [5, 5.41) is 14.7. The molecule has 0 amide bonds. The highest BCUT2D eigenvalue weighted by atomic mass is 32.3. The van der Waals surface area contributed by atoms with Crippen LogP contribution in [0.5, 0.6) is 0 Å². The van der Waals surface area contributed by atoms with Gasteiger partial charge in [0.2, 0.25) is 0 Å². The Labute approximate surface area is 82.1 Å². The van der Waals surface area contributed by atoms with E-state index in [0.717, 1.165) is 6.92 Å². The Hall–Kier alpha value is -1.25. The van der Waals surface area contributed by atoms with Crippen LogP contribution in [0.2, 0.25) is 0 Å². The number of rotatable bonds is 0. The molecule has 10 heteroatoms. The molecule has 0 heterocycles. The molecule has 0 unspecified atom stereocenters. The van der Waals surface area contributed by atoms with Crippen molar-refractivity contribution >= 4 is 16.4 Å². The second-order valence-electron chi connectivity index (χ2n) is 1.19. The number of hydrogen-bond acceptors (Lipinski definition) is 6. The molecule has 0 aliphatic rings. The summed E-state index contributed by atoms with van der Waals surface area (Å²) in [6.07, 6.45) is 0. The van der Waals surface area contributed by atoms with E-state index in [1.807, 2.05) is 0 Å². The minimum absolute atomic E-state index is 0. The molecule has 0 saturated heterocycles. The average Bonchev–Trinajstić information content (AvgIpc) is 1.56. The minimum atomic E-state index is -4.67. The number of aliphatic carboxylic acids is 1. The molecular weight excluding hydrogens is 218 g/mol. The van der Waals surface area contributed by atoms with E-state index in [1.54, 1.807) is 6.07 Å². The van der Waals surface area contributed by atoms with E-state index in [9.17, 15) is 0 Å². The van der Waals surface area contributed by atoms with Gasteiger partial charge in [-0.15, -0.1) is 0 Å². The molecule has 0 radical (unpaired) electrons. The maximum absolute atomic E-state index is 9.00. The first kappa shape index (κ1) is 29.3. The summed E-state index contributed by atoms with van der Waals surface area (Å²) < 4.78 is 31.6. The fourth-order valence-corrected chi connectivity index (χ4v) is 0. The van der Waals surface area contributed by atoms with Crippen LogP contribution in [-0.4, -0.2) is 28.6 Å². The first-order valence-electron chi connectivity index (χ1n) is 2.35. The van der Waals surface area contributed by atoms with E-state index in [1.165, 1.54) is 6.92 Å². The van der Waals surface area contributed by atoms with Gasteiger partial charge in [-0.2, -0.15) is 13.7 Å². The van der Waals surface area contributed by atoms with Crippen LogP contribution in [0.4, 0.5) is 0 Å². The molecule has 0 aliphatic heterocycles. The molecule has 9 N–H and O–H groups in total. The summed E-state index contributed by atoms with van der Waals surface area (Å²) in [5.41, 5.74) is 0. The van der Waals surface area contributed by atoms with Crippen LogP contribution >= 0.6 is 0 Å². The van der Waals surface area contributed by atoms with Crippen LogP contribution < -0.4 is 12.3 Å². The number of hydrogen-bond donors (Lipinski definition) is 5. The Morgan fingerprint density at radius 3 is 1.29 bits per heavy atom. The van der Waals surface area contributed by atoms with Crippen LogP contribution in [-0.2, 0) is 15.2 Å². The standard InChI is InChI=1S/C2H3N.C2H4O2.2H3N.H2O4S/c1-2-3;1-2(3)4;;;1-5(2,3)4/h1H3;1H3,(H,3,4);2*1H3;(H2,1,2,3,4). The van der Waals surface area contributed by atoms with Crippen molar-refractivity contribution in [1.82, 2.24) is 12.3 Å². The summed E-state index contributed by atoms with van der Waals surface area (Å²) in [6, 6.07) is 1.75. The summed E-state index contributed by atoms with van der Waals surface area (Å²) in [6.45, 7) is 2.51. The highest BCUT2D eigenvalue weighted by Crippen LogP contribution is 1.59. The summed E-state index contributed by atoms with van der Waals surface area (Å²) in [4.78, 5) is 9.00. The molecule has 0 atom stereocenters.